The van der Waals surface area contributed by atoms with Gasteiger partial charge >= 0.3 is 6.18 Å². The van der Waals surface area contributed by atoms with Crippen LogP contribution in [0.2, 0.25) is 0 Å². The normalized spacial score (nSPS) is 12.3. The van der Waals surface area contributed by atoms with Gasteiger partial charge in [0, 0.05) is 16.2 Å². The highest BCUT2D eigenvalue weighted by molar-refractivity contribution is 9.10. The lowest BCUT2D eigenvalue weighted by Gasteiger charge is -2.07. The molecular weight excluding hydrogens is 367 g/mol. The summed E-state index contributed by atoms with van der Waals surface area (Å²) in [6.07, 6.45) is -4.74. The van der Waals surface area contributed by atoms with Gasteiger partial charge in [-0.05, 0) is 24.3 Å². The molecule has 0 unspecified atom stereocenters. The molecule has 0 saturated carbocycles. The minimum Gasteiger partial charge on any atom is -0.369 e. The Morgan fingerprint density at radius 1 is 1.32 bits per heavy atom. The number of anilines is 1. The maximum atomic E-state index is 12.6. The number of nitrogens with two attached hydrogens (primary N) is 1. The average molecular weight is 376 g/mol. The first kappa shape index (κ1) is 16.0. The fourth-order valence-electron chi connectivity index (χ4n) is 1.47. The summed E-state index contributed by atoms with van der Waals surface area (Å²) in [5.74, 6) is -0.758. The largest absolute Gasteiger partial charge is 0.433 e. The molecule has 0 aliphatic heterocycles. The van der Waals surface area contributed by atoms with Gasteiger partial charge in [-0.1, -0.05) is 15.9 Å². The van der Waals surface area contributed by atoms with Crippen molar-refractivity contribution < 1.29 is 13.2 Å². The predicted molar refractivity (Wildman–Crippen MR) is 78.9 cm³/mol. The van der Waals surface area contributed by atoms with Gasteiger partial charge in [0.1, 0.15) is 0 Å². The van der Waals surface area contributed by atoms with Crippen LogP contribution in [-0.4, -0.2) is 15.9 Å². The molecule has 116 valence electrons. The summed E-state index contributed by atoms with van der Waals surface area (Å²) in [6.45, 7) is 0. The van der Waals surface area contributed by atoms with Crippen LogP contribution < -0.4 is 16.6 Å². The third-order valence-corrected chi connectivity index (χ3v) is 2.89. The molecule has 1 aromatic heterocycles. The molecule has 0 atom stereocenters. The number of aliphatic imine (C=N–C) groups is 1. The van der Waals surface area contributed by atoms with Crippen molar-refractivity contribution >= 4 is 33.5 Å². The quantitative estimate of drug-likeness (QED) is 0.555. The third-order valence-electron chi connectivity index (χ3n) is 2.36. The summed E-state index contributed by atoms with van der Waals surface area (Å²) in [5, 5.41) is 2.66. The van der Waals surface area contributed by atoms with Crippen LogP contribution in [0.4, 0.5) is 24.8 Å². The number of halogens is 4. The second kappa shape index (κ2) is 6.18. The van der Waals surface area contributed by atoms with Crippen molar-refractivity contribution in [2.24, 2.45) is 10.7 Å². The minimum absolute atomic E-state index is 0.218. The van der Waals surface area contributed by atoms with E-state index in [9.17, 15) is 18.0 Å². The first-order valence-electron chi connectivity index (χ1n) is 5.79. The smallest absolute Gasteiger partial charge is 0.369 e. The highest BCUT2D eigenvalue weighted by atomic mass is 79.9. The Hall–Kier alpha value is -2.36. The Kier molecular flexibility index (Phi) is 4.50. The Morgan fingerprint density at radius 3 is 2.55 bits per heavy atom. The summed E-state index contributed by atoms with van der Waals surface area (Å²) in [6, 6.07) is 7.17. The first-order chi connectivity index (χ1) is 10.2. The van der Waals surface area contributed by atoms with Gasteiger partial charge in [0.2, 0.25) is 11.9 Å². The number of H-pyrrole nitrogens is 1. The summed E-state index contributed by atoms with van der Waals surface area (Å²) in [5.41, 5.74) is 3.82. The van der Waals surface area contributed by atoms with Crippen LogP contribution in [0, 0.1) is 0 Å². The van der Waals surface area contributed by atoms with E-state index in [1.807, 2.05) is 0 Å². The highest BCUT2D eigenvalue weighted by Crippen LogP contribution is 2.27. The van der Waals surface area contributed by atoms with Crippen LogP contribution in [0.15, 0.2) is 44.6 Å². The molecule has 0 spiro atoms. The molecule has 6 nitrogen and oxygen atoms in total. The van der Waals surface area contributed by atoms with E-state index >= 15 is 0 Å². The lowest BCUT2D eigenvalue weighted by Crippen LogP contribution is -2.23. The van der Waals surface area contributed by atoms with Crippen molar-refractivity contribution in [2.45, 2.75) is 6.18 Å². The van der Waals surface area contributed by atoms with Crippen molar-refractivity contribution in [3.8, 4) is 0 Å². The number of aromatic nitrogens is 2. The average Bonchev–Trinajstić information content (AvgIpc) is 2.39. The van der Waals surface area contributed by atoms with Gasteiger partial charge in [-0.3, -0.25) is 9.78 Å². The minimum atomic E-state index is -4.74. The Labute approximate surface area is 130 Å². The molecule has 4 N–H and O–H groups in total. The lowest BCUT2D eigenvalue weighted by atomic mass is 10.3. The number of nitrogens with zero attached hydrogens (tertiary/aromatic N) is 2. The van der Waals surface area contributed by atoms with Crippen LogP contribution in [-0.2, 0) is 6.18 Å². The van der Waals surface area contributed by atoms with E-state index in [0.717, 1.165) is 4.47 Å². The second-order valence-electron chi connectivity index (χ2n) is 4.08. The van der Waals surface area contributed by atoms with Crippen molar-refractivity contribution in [1.29, 1.82) is 0 Å². The van der Waals surface area contributed by atoms with Gasteiger partial charge in [-0.25, -0.2) is 4.98 Å². The van der Waals surface area contributed by atoms with Gasteiger partial charge in [-0.15, -0.1) is 0 Å². The Morgan fingerprint density at radius 2 is 1.95 bits per heavy atom. The van der Waals surface area contributed by atoms with Crippen molar-refractivity contribution in [2.75, 3.05) is 5.32 Å². The number of alkyl halides is 3. The Balaban J connectivity index is 2.26. The monoisotopic (exact) mass is 375 g/mol. The van der Waals surface area contributed by atoms with Crippen LogP contribution in [0.1, 0.15) is 5.69 Å². The number of rotatable bonds is 2. The van der Waals surface area contributed by atoms with E-state index in [4.69, 9.17) is 5.73 Å². The van der Waals surface area contributed by atoms with Crippen LogP contribution in [0.3, 0.4) is 0 Å². The molecule has 2 rings (SSSR count). The molecule has 2 aromatic rings. The van der Waals surface area contributed by atoms with Crippen molar-refractivity contribution in [3.05, 3.63) is 50.9 Å². The fraction of sp³-hybridized carbons (Fsp3) is 0.0833. The molecule has 0 aliphatic carbocycles. The van der Waals surface area contributed by atoms with Gasteiger partial charge in [-0.2, -0.15) is 18.2 Å². The number of hydrogen-bond acceptors (Lipinski definition) is 3. The molecule has 0 radical (unpaired) electrons. The van der Waals surface area contributed by atoms with Crippen molar-refractivity contribution in [3.63, 3.8) is 0 Å². The topological polar surface area (TPSA) is 96.2 Å². The summed E-state index contributed by atoms with van der Waals surface area (Å²) in [7, 11) is 0. The zero-order valence-corrected chi connectivity index (χ0v) is 12.4. The van der Waals surface area contributed by atoms with Crippen LogP contribution in [0.5, 0.6) is 0 Å². The van der Waals surface area contributed by atoms with Crippen LogP contribution >= 0.6 is 15.9 Å². The molecule has 0 amide bonds. The summed E-state index contributed by atoms with van der Waals surface area (Å²) < 4.78 is 38.5. The fourth-order valence-corrected chi connectivity index (χ4v) is 1.73. The molecule has 1 aromatic carbocycles. The number of nitrogens with one attached hydrogen (secondary N) is 2. The number of benzene rings is 1. The standard InChI is InChI=1S/C12H9BrF3N5O/c13-6-1-3-7(4-2-6)18-10(17)21-11-19-8(12(14,15)16)5-9(22)20-11/h1-5H,(H4,17,18,19,20,21,22). The zero-order chi connectivity index (χ0) is 16.3. The molecule has 0 saturated heterocycles. The number of guanidine groups is 1. The van der Waals surface area contributed by atoms with Crippen molar-refractivity contribution in [1.82, 2.24) is 9.97 Å². The molecule has 22 heavy (non-hydrogen) atoms. The van der Waals surface area contributed by atoms with Gasteiger partial charge in [0.15, 0.2) is 5.69 Å². The number of aromatic amines is 1. The predicted octanol–water partition coefficient (Wildman–Crippen LogP) is 2.61. The number of hydrogen-bond donors (Lipinski definition) is 3. The van der Waals surface area contributed by atoms with E-state index < -0.39 is 23.4 Å². The molecular formula is C12H9BrF3N5O. The van der Waals surface area contributed by atoms with E-state index in [1.54, 1.807) is 24.3 Å². The molecule has 1 heterocycles. The maximum Gasteiger partial charge on any atom is 0.433 e. The molecule has 0 aliphatic rings. The van der Waals surface area contributed by atoms with E-state index in [1.165, 1.54) is 0 Å². The van der Waals surface area contributed by atoms with Gasteiger partial charge < -0.3 is 11.1 Å². The zero-order valence-electron chi connectivity index (χ0n) is 10.8. The van der Waals surface area contributed by atoms with Gasteiger partial charge in [0.05, 0.1) is 0 Å². The highest BCUT2D eigenvalue weighted by Gasteiger charge is 2.33. The van der Waals surface area contributed by atoms with E-state index in [2.05, 4.69) is 36.2 Å². The Bertz CT molecular complexity index is 755. The van der Waals surface area contributed by atoms with E-state index in [0.29, 0.717) is 11.8 Å². The summed E-state index contributed by atoms with van der Waals surface area (Å²) >= 11 is 3.25. The summed E-state index contributed by atoms with van der Waals surface area (Å²) in [4.78, 5) is 20.1. The molecule has 10 heteroatoms. The van der Waals surface area contributed by atoms with Crippen LogP contribution in [0.25, 0.3) is 0 Å². The maximum absolute atomic E-state index is 12.6. The molecule has 0 bridgehead atoms. The third kappa shape index (κ3) is 4.32. The lowest BCUT2D eigenvalue weighted by molar-refractivity contribution is -0.141. The van der Waals surface area contributed by atoms with Gasteiger partial charge in [0.25, 0.3) is 5.56 Å². The second-order valence-corrected chi connectivity index (χ2v) is 5.00. The molecule has 0 fully saturated rings. The first-order valence-corrected chi connectivity index (χ1v) is 6.58. The SMILES string of the molecule is N/C(=N\c1nc(C(F)(F)F)cc(=O)[nH]1)Nc1ccc(Br)cc1. The van der Waals surface area contributed by atoms with E-state index in [-0.39, 0.29) is 5.96 Å².